The van der Waals surface area contributed by atoms with Crippen LogP contribution in [-0.2, 0) is 9.53 Å². The lowest BCUT2D eigenvalue weighted by molar-refractivity contribution is -0.170. The molecule has 0 amide bonds. The number of carbonyl (C=O) groups is 1. The molecule has 1 fully saturated rings. The molecule has 0 saturated carbocycles. The monoisotopic (exact) mass is 215 g/mol. The van der Waals surface area contributed by atoms with E-state index in [0.717, 1.165) is 26.1 Å². The van der Waals surface area contributed by atoms with Crippen molar-refractivity contribution in [2.75, 3.05) is 26.2 Å². The summed E-state index contributed by atoms with van der Waals surface area (Å²) in [6, 6.07) is 0. The van der Waals surface area contributed by atoms with Gasteiger partial charge in [-0.3, -0.25) is 0 Å². The molecule has 0 aromatic rings. The number of likely N-dealkylation sites (tertiary alicyclic amines) is 1. The maximum Gasteiger partial charge on any atom is 0.338 e. The zero-order valence-electron chi connectivity index (χ0n) is 9.66. The Balaban J connectivity index is 2.43. The van der Waals surface area contributed by atoms with E-state index < -0.39 is 11.6 Å². The molecule has 1 heterocycles. The zero-order chi connectivity index (χ0) is 11.3. The second-order valence-electron chi connectivity index (χ2n) is 4.09. The fraction of sp³-hybridized carbons (Fsp3) is 0.909. The van der Waals surface area contributed by atoms with E-state index in [1.54, 1.807) is 6.92 Å². The second kappa shape index (κ2) is 5.47. The van der Waals surface area contributed by atoms with Crippen LogP contribution in [0.4, 0.5) is 0 Å². The van der Waals surface area contributed by atoms with Crippen molar-refractivity contribution in [1.29, 1.82) is 0 Å². The number of nitrogens with zero attached hydrogens (tertiary/aromatic N) is 1. The van der Waals surface area contributed by atoms with Crippen LogP contribution in [0.1, 0.15) is 33.1 Å². The Bertz CT molecular complexity index is 210. The van der Waals surface area contributed by atoms with Crippen molar-refractivity contribution in [3.63, 3.8) is 0 Å². The first-order valence-electron chi connectivity index (χ1n) is 5.74. The molecular formula is C11H21NO3. The van der Waals surface area contributed by atoms with E-state index in [2.05, 4.69) is 11.8 Å². The first-order valence-corrected chi connectivity index (χ1v) is 5.74. The summed E-state index contributed by atoms with van der Waals surface area (Å²) in [5.41, 5.74) is -1.24. The summed E-state index contributed by atoms with van der Waals surface area (Å²) in [7, 11) is 0. The fourth-order valence-corrected chi connectivity index (χ4v) is 1.93. The molecule has 88 valence electrons. The predicted octanol–water partition coefficient (Wildman–Crippen LogP) is 0.786. The molecule has 0 atom stereocenters. The van der Waals surface area contributed by atoms with E-state index in [-0.39, 0.29) is 0 Å². The predicted molar refractivity (Wildman–Crippen MR) is 57.5 cm³/mol. The number of aliphatic hydroxyl groups is 1. The highest BCUT2D eigenvalue weighted by atomic mass is 16.5. The molecule has 1 rings (SSSR count). The van der Waals surface area contributed by atoms with Crippen molar-refractivity contribution < 1.29 is 14.6 Å². The quantitative estimate of drug-likeness (QED) is 0.704. The molecule has 1 aliphatic rings. The molecule has 0 aromatic carbocycles. The van der Waals surface area contributed by atoms with Gasteiger partial charge < -0.3 is 14.7 Å². The lowest BCUT2D eigenvalue weighted by Crippen LogP contribution is -2.50. The SMILES string of the molecule is CCCN1CCC(O)(C(=O)OCC)CC1. The molecule has 0 unspecified atom stereocenters. The number of carbonyl (C=O) groups excluding carboxylic acids is 1. The molecule has 4 nitrogen and oxygen atoms in total. The van der Waals surface area contributed by atoms with E-state index in [0.29, 0.717) is 19.4 Å². The minimum Gasteiger partial charge on any atom is -0.464 e. The highest BCUT2D eigenvalue weighted by molar-refractivity contribution is 5.79. The highest BCUT2D eigenvalue weighted by Gasteiger charge is 2.40. The molecule has 15 heavy (non-hydrogen) atoms. The maximum atomic E-state index is 11.5. The van der Waals surface area contributed by atoms with Crippen LogP contribution in [0.5, 0.6) is 0 Å². The summed E-state index contributed by atoms with van der Waals surface area (Å²) in [6.45, 7) is 6.82. The average molecular weight is 215 g/mol. The van der Waals surface area contributed by atoms with Gasteiger partial charge in [0.2, 0.25) is 0 Å². The molecule has 1 N–H and O–H groups in total. The molecular weight excluding hydrogens is 194 g/mol. The fourth-order valence-electron chi connectivity index (χ4n) is 1.93. The average Bonchev–Trinajstić information content (AvgIpc) is 2.22. The second-order valence-corrected chi connectivity index (χ2v) is 4.09. The van der Waals surface area contributed by atoms with E-state index in [1.807, 2.05) is 0 Å². The smallest absolute Gasteiger partial charge is 0.338 e. The third-order valence-corrected chi connectivity index (χ3v) is 2.88. The van der Waals surface area contributed by atoms with Gasteiger partial charge in [0, 0.05) is 13.1 Å². The molecule has 0 bridgehead atoms. The Morgan fingerprint density at radius 3 is 2.47 bits per heavy atom. The summed E-state index contributed by atoms with van der Waals surface area (Å²) in [5.74, 6) is -0.457. The number of ether oxygens (including phenoxy) is 1. The Morgan fingerprint density at radius 1 is 1.40 bits per heavy atom. The van der Waals surface area contributed by atoms with Gasteiger partial charge in [0.25, 0.3) is 0 Å². The summed E-state index contributed by atoms with van der Waals surface area (Å²) >= 11 is 0. The number of esters is 1. The number of hydrogen-bond acceptors (Lipinski definition) is 4. The summed E-state index contributed by atoms with van der Waals surface area (Å²) in [6.07, 6.45) is 2.09. The Morgan fingerprint density at radius 2 is 2.00 bits per heavy atom. The van der Waals surface area contributed by atoms with E-state index in [1.165, 1.54) is 0 Å². The lowest BCUT2D eigenvalue weighted by atomic mass is 9.91. The largest absolute Gasteiger partial charge is 0.464 e. The van der Waals surface area contributed by atoms with Crippen LogP contribution in [0.2, 0.25) is 0 Å². The van der Waals surface area contributed by atoms with Crippen molar-refractivity contribution in [1.82, 2.24) is 4.90 Å². The van der Waals surface area contributed by atoms with Crippen LogP contribution in [-0.4, -0.2) is 47.8 Å². The maximum absolute atomic E-state index is 11.5. The van der Waals surface area contributed by atoms with E-state index >= 15 is 0 Å². The van der Waals surface area contributed by atoms with Crippen LogP contribution >= 0.6 is 0 Å². The standard InChI is InChI=1S/C11H21NO3/c1-3-7-12-8-5-11(14,6-9-12)10(13)15-4-2/h14H,3-9H2,1-2H3. The van der Waals surface area contributed by atoms with Crippen LogP contribution in [0, 0.1) is 0 Å². The molecule has 1 aliphatic heterocycles. The van der Waals surface area contributed by atoms with Gasteiger partial charge in [0.1, 0.15) is 0 Å². The Labute approximate surface area is 91.2 Å². The lowest BCUT2D eigenvalue weighted by Gasteiger charge is -2.36. The van der Waals surface area contributed by atoms with Crippen LogP contribution < -0.4 is 0 Å². The van der Waals surface area contributed by atoms with Gasteiger partial charge in [-0.2, -0.15) is 0 Å². The molecule has 0 spiro atoms. The van der Waals surface area contributed by atoms with Crippen molar-refractivity contribution in [2.45, 2.75) is 38.7 Å². The van der Waals surface area contributed by atoms with Gasteiger partial charge in [-0.1, -0.05) is 6.92 Å². The van der Waals surface area contributed by atoms with Gasteiger partial charge in [0.15, 0.2) is 5.60 Å². The van der Waals surface area contributed by atoms with Gasteiger partial charge >= 0.3 is 5.97 Å². The molecule has 0 aliphatic carbocycles. The molecule has 0 radical (unpaired) electrons. The zero-order valence-corrected chi connectivity index (χ0v) is 9.66. The van der Waals surface area contributed by atoms with Crippen LogP contribution in [0.3, 0.4) is 0 Å². The van der Waals surface area contributed by atoms with Crippen molar-refractivity contribution >= 4 is 5.97 Å². The summed E-state index contributed by atoms with van der Waals surface area (Å²) in [5, 5.41) is 10.1. The van der Waals surface area contributed by atoms with E-state index in [9.17, 15) is 9.90 Å². The summed E-state index contributed by atoms with van der Waals surface area (Å²) in [4.78, 5) is 13.8. The molecule has 4 heteroatoms. The third-order valence-electron chi connectivity index (χ3n) is 2.88. The first-order chi connectivity index (χ1) is 7.12. The number of rotatable bonds is 4. The molecule has 1 saturated heterocycles. The van der Waals surface area contributed by atoms with Crippen molar-refractivity contribution in [2.24, 2.45) is 0 Å². The van der Waals surface area contributed by atoms with E-state index in [4.69, 9.17) is 4.74 Å². The highest BCUT2D eigenvalue weighted by Crippen LogP contribution is 2.23. The van der Waals surface area contributed by atoms with Gasteiger partial charge in [0.05, 0.1) is 6.61 Å². The Kier molecular flexibility index (Phi) is 4.54. The van der Waals surface area contributed by atoms with Gasteiger partial charge in [-0.25, -0.2) is 4.79 Å². The van der Waals surface area contributed by atoms with Gasteiger partial charge in [-0.15, -0.1) is 0 Å². The topological polar surface area (TPSA) is 49.8 Å². The minimum atomic E-state index is -1.24. The first kappa shape index (κ1) is 12.5. The van der Waals surface area contributed by atoms with Crippen LogP contribution in [0.15, 0.2) is 0 Å². The Hall–Kier alpha value is -0.610. The molecule has 0 aromatic heterocycles. The van der Waals surface area contributed by atoms with Crippen LogP contribution in [0.25, 0.3) is 0 Å². The summed E-state index contributed by atoms with van der Waals surface area (Å²) < 4.78 is 4.87. The number of piperidine rings is 1. The van der Waals surface area contributed by atoms with Crippen molar-refractivity contribution in [3.05, 3.63) is 0 Å². The third kappa shape index (κ3) is 3.18. The minimum absolute atomic E-state index is 0.333. The number of hydrogen-bond donors (Lipinski definition) is 1. The normalized spacial score (nSPS) is 21.3. The van der Waals surface area contributed by atoms with Gasteiger partial charge in [-0.05, 0) is 32.7 Å². The van der Waals surface area contributed by atoms with Crippen molar-refractivity contribution in [3.8, 4) is 0 Å².